The second kappa shape index (κ2) is 7.18. The van der Waals surface area contributed by atoms with E-state index in [0.29, 0.717) is 19.0 Å². The molecule has 2 atom stereocenters. The highest BCUT2D eigenvalue weighted by Gasteiger charge is 2.38. The standard InChI is InChI=1S/C17H21N5O3/c23-17(21-9-10-24-15-8-4-7-14(15)21)11-22-19-16(18-20-22)12-25-13-5-2-1-3-6-13/h1-3,5-6,14-15H,4,7-12H2/t14-,15-/m0/s1. The molecule has 8 heteroatoms. The van der Waals surface area contributed by atoms with Crippen LogP contribution in [0.25, 0.3) is 0 Å². The van der Waals surface area contributed by atoms with E-state index in [1.54, 1.807) is 0 Å². The van der Waals surface area contributed by atoms with Crippen LogP contribution in [0.1, 0.15) is 25.1 Å². The van der Waals surface area contributed by atoms with Gasteiger partial charge in [-0.1, -0.05) is 18.2 Å². The number of ether oxygens (including phenoxy) is 2. The maximum absolute atomic E-state index is 12.6. The molecule has 1 saturated carbocycles. The zero-order valence-electron chi connectivity index (χ0n) is 14.0. The van der Waals surface area contributed by atoms with Gasteiger partial charge in [0.25, 0.3) is 0 Å². The number of tetrazole rings is 1. The molecule has 8 nitrogen and oxygen atoms in total. The predicted molar refractivity (Wildman–Crippen MR) is 87.7 cm³/mol. The Morgan fingerprint density at radius 3 is 3.04 bits per heavy atom. The van der Waals surface area contributed by atoms with Gasteiger partial charge in [-0.2, -0.15) is 4.80 Å². The summed E-state index contributed by atoms with van der Waals surface area (Å²) in [5.41, 5.74) is 0. The van der Waals surface area contributed by atoms with Gasteiger partial charge in [-0.25, -0.2) is 0 Å². The minimum atomic E-state index is 0.0214. The summed E-state index contributed by atoms with van der Waals surface area (Å²) in [5, 5.41) is 12.2. The van der Waals surface area contributed by atoms with Crippen molar-refractivity contribution in [2.45, 2.75) is 44.6 Å². The Labute approximate surface area is 145 Å². The van der Waals surface area contributed by atoms with Crippen LogP contribution in [0.4, 0.5) is 0 Å². The molecular formula is C17H21N5O3. The van der Waals surface area contributed by atoms with Crippen molar-refractivity contribution in [1.82, 2.24) is 25.1 Å². The summed E-state index contributed by atoms with van der Waals surface area (Å²) in [7, 11) is 0. The van der Waals surface area contributed by atoms with Crippen LogP contribution >= 0.6 is 0 Å². The molecule has 132 valence electrons. The normalized spacial score (nSPS) is 22.6. The minimum absolute atomic E-state index is 0.0214. The molecule has 0 spiro atoms. The van der Waals surface area contributed by atoms with E-state index in [-0.39, 0.29) is 31.2 Å². The molecule has 2 heterocycles. The number of nitrogens with zero attached hydrogens (tertiary/aromatic N) is 5. The molecule has 2 aromatic rings. The van der Waals surface area contributed by atoms with E-state index in [1.165, 1.54) is 4.80 Å². The average Bonchev–Trinajstić information content (AvgIpc) is 3.29. The Bertz CT molecular complexity index is 720. The van der Waals surface area contributed by atoms with Crippen molar-refractivity contribution in [2.75, 3.05) is 13.2 Å². The molecule has 0 N–H and O–H groups in total. The summed E-state index contributed by atoms with van der Waals surface area (Å²) < 4.78 is 11.3. The van der Waals surface area contributed by atoms with Gasteiger partial charge in [-0.05, 0) is 36.6 Å². The topological polar surface area (TPSA) is 82.4 Å². The summed E-state index contributed by atoms with van der Waals surface area (Å²) in [5.74, 6) is 1.22. The van der Waals surface area contributed by atoms with Crippen LogP contribution in [0.3, 0.4) is 0 Å². The second-order valence-corrected chi connectivity index (χ2v) is 6.33. The van der Waals surface area contributed by atoms with Crippen LogP contribution in [0.2, 0.25) is 0 Å². The van der Waals surface area contributed by atoms with Crippen molar-refractivity contribution in [3.8, 4) is 5.75 Å². The average molecular weight is 343 g/mol. The number of rotatable bonds is 5. The number of carbonyl (C=O) groups is 1. The van der Waals surface area contributed by atoms with Gasteiger partial charge in [-0.3, -0.25) is 4.79 Å². The fraction of sp³-hybridized carbons (Fsp3) is 0.529. The first-order valence-corrected chi connectivity index (χ1v) is 8.65. The lowest BCUT2D eigenvalue weighted by molar-refractivity contribution is -0.145. The van der Waals surface area contributed by atoms with Gasteiger partial charge >= 0.3 is 0 Å². The Morgan fingerprint density at radius 1 is 1.28 bits per heavy atom. The van der Waals surface area contributed by atoms with E-state index in [9.17, 15) is 4.79 Å². The molecule has 1 aliphatic carbocycles. The van der Waals surface area contributed by atoms with Crippen molar-refractivity contribution in [1.29, 1.82) is 0 Å². The van der Waals surface area contributed by atoms with Crippen LogP contribution in [0.5, 0.6) is 5.75 Å². The molecule has 4 rings (SSSR count). The van der Waals surface area contributed by atoms with E-state index in [1.807, 2.05) is 35.2 Å². The number of hydrogen-bond donors (Lipinski definition) is 0. The van der Waals surface area contributed by atoms with E-state index in [4.69, 9.17) is 9.47 Å². The summed E-state index contributed by atoms with van der Waals surface area (Å²) in [6.07, 6.45) is 3.35. The third kappa shape index (κ3) is 3.63. The lowest BCUT2D eigenvalue weighted by atomic mass is 10.1. The first-order valence-electron chi connectivity index (χ1n) is 8.65. The molecule has 2 aliphatic rings. The quantitative estimate of drug-likeness (QED) is 0.806. The molecule has 1 saturated heterocycles. The first kappa shape index (κ1) is 16.0. The van der Waals surface area contributed by atoms with E-state index >= 15 is 0 Å². The van der Waals surface area contributed by atoms with Gasteiger partial charge in [0.05, 0.1) is 18.8 Å². The van der Waals surface area contributed by atoms with Crippen LogP contribution in [0, 0.1) is 0 Å². The molecule has 2 fully saturated rings. The number of carbonyl (C=O) groups excluding carboxylic acids is 1. The van der Waals surface area contributed by atoms with Crippen molar-refractivity contribution in [2.24, 2.45) is 0 Å². The van der Waals surface area contributed by atoms with E-state index in [0.717, 1.165) is 25.0 Å². The maximum Gasteiger partial charge on any atom is 0.246 e. The molecule has 0 radical (unpaired) electrons. The maximum atomic E-state index is 12.6. The summed E-state index contributed by atoms with van der Waals surface area (Å²) in [6.45, 7) is 1.56. The summed E-state index contributed by atoms with van der Waals surface area (Å²) >= 11 is 0. The van der Waals surface area contributed by atoms with Gasteiger partial charge in [0.15, 0.2) is 6.61 Å². The Morgan fingerprint density at radius 2 is 2.16 bits per heavy atom. The highest BCUT2D eigenvalue weighted by molar-refractivity contribution is 5.76. The van der Waals surface area contributed by atoms with Crippen molar-refractivity contribution < 1.29 is 14.3 Å². The van der Waals surface area contributed by atoms with Crippen molar-refractivity contribution >= 4 is 5.91 Å². The van der Waals surface area contributed by atoms with Crippen LogP contribution in [0.15, 0.2) is 30.3 Å². The number of benzene rings is 1. The Kier molecular flexibility index (Phi) is 4.60. The number of para-hydroxylation sites is 1. The lowest BCUT2D eigenvalue weighted by Crippen LogP contribution is -2.52. The molecule has 0 bridgehead atoms. The second-order valence-electron chi connectivity index (χ2n) is 6.33. The SMILES string of the molecule is O=C(Cn1nnc(COc2ccccc2)n1)N1CCO[C@H]2CCC[C@@H]21. The van der Waals surface area contributed by atoms with Crippen LogP contribution in [-0.4, -0.2) is 56.3 Å². The van der Waals surface area contributed by atoms with Gasteiger partial charge < -0.3 is 14.4 Å². The van der Waals surface area contributed by atoms with Gasteiger partial charge in [-0.15, -0.1) is 10.2 Å². The van der Waals surface area contributed by atoms with E-state index in [2.05, 4.69) is 15.4 Å². The highest BCUT2D eigenvalue weighted by atomic mass is 16.5. The third-order valence-electron chi connectivity index (χ3n) is 4.68. The van der Waals surface area contributed by atoms with E-state index < -0.39 is 0 Å². The number of aromatic nitrogens is 4. The number of fused-ring (bicyclic) bond motifs is 1. The summed E-state index contributed by atoms with van der Waals surface area (Å²) in [6, 6.07) is 9.65. The molecule has 25 heavy (non-hydrogen) atoms. The van der Waals surface area contributed by atoms with Gasteiger partial charge in [0, 0.05) is 6.54 Å². The summed E-state index contributed by atoms with van der Waals surface area (Å²) in [4.78, 5) is 15.9. The third-order valence-corrected chi connectivity index (χ3v) is 4.68. The highest BCUT2D eigenvalue weighted by Crippen LogP contribution is 2.29. The zero-order chi connectivity index (χ0) is 17.1. The zero-order valence-corrected chi connectivity index (χ0v) is 14.0. The number of hydrogen-bond acceptors (Lipinski definition) is 6. The Balaban J connectivity index is 1.33. The smallest absolute Gasteiger partial charge is 0.246 e. The lowest BCUT2D eigenvalue weighted by Gasteiger charge is -2.37. The molecule has 1 amide bonds. The van der Waals surface area contributed by atoms with Gasteiger partial charge in [0.1, 0.15) is 12.3 Å². The van der Waals surface area contributed by atoms with Gasteiger partial charge in [0.2, 0.25) is 11.7 Å². The number of amides is 1. The molecule has 1 aliphatic heterocycles. The molecule has 0 unspecified atom stereocenters. The molecular weight excluding hydrogens is 322 g/mol. The fourth-order valence-corrected chi connectivity index (χ4v) is 3.51. The number of morpholine rings is 1. The Hall–Kier alpha value is -2.48. The fourth-order valence-electron chi connectivity index (χ4n) is 3.51. The minimum Gasteiger partial charge on any atom is -0.485 e. The largest absolute Gasteiger partial charge is 0.485 e. The van der Waals surface area contributed by atoms with Crippen LogP contribution in [-0.2, 0) is 22.7 Å². The first-order chi connectivity index (χ1) is 12.3. The monoisotopic (exact) mass is 343 g/mol. The molecule has 1 aromatic carbocycles. The predicted octanol–water partition coefficient (Wildman–Crippen LogP) is 1.03. The molecule has 1 aromatic heterocycles. The van der Waals surface area contributed by atoms with Crippen LogP contribution < -0.4 is 4.74 Å². The van der Waals surface area contributed by atoms with Crippen molar-refractivity contribution in [3.05, 3.63) is 36.2 Å². The van der Waals surface area contributed by atoms with Crippen molar-refractivity contribution in [3.63, 3.8) is 0 Å².